The number of carbonyl (C=O) groups excluding carboxylic acids is 1. The average Bonchev–Trinajstić information content (AvgIpc) is 2.86. The molecule has 24 heavy (non-hydrogen) atoms. The Kier molecular flexibility index (Phi) is 4.73. The summed E-state index contributed by atoms with van der Waals surface area (Å²) in [6.07, 6.45) is 0. The second-order valence-electron chi connectivity index (χ2n) is 5.68. The number of H-pyrrole nitrogens is 1. The van der Waals surface area contributed by atoms with E-state index in [-0.39, 0.29) is 17.2 Å². The Morgan fingerprint density at radius 1 is 1.25 bits per heavy atom. The number of aryl methyl sites for hydroxylation is 3. The van der Waals surface area contributed by atoms with Crippen molar-refractivity contribution in [3.8, 4) is 0 Å². The maximum absolute atomic E-state index is 12.1. The van der Waals surface area contributed by atoms with E-state index in [1.165, 1.54) is 23.1 Å². The minimum atomic E-state index is -0.157. The van der Waals surface area contributed by atoms with Gasteiger partial charge >= 0.3 is 0 Å². The fourth-order valence-corrected chi connectivity index (χ4v) is 4.16. The van der Waals surface area contributed by atoms with Crippen LogP contribution in [0.2, 0.25) is 0 Å². The number of fused-ring (bicyclic) bond motifs is 1. The molecule has 5 nitrogen and oxygen atoms in total. The Morgan fingerprint density at radius 3 is 2.67 bits per heavy atom. The second-order valence-corrected chi connectivity index (χ2v) is 7.51. The number of thioether (sulfide) groups is 1. The first-order valence-corrected chi connectivity index (χ1v) is 9.28. The van der Waals surface area contributed by atoms with Crippen molar-refractivity contribution < 1.29 is 4.79 Å². The first-order chi connectivity index (χ1) is 11.4. The lowest BCUT2D eigenvalue weighted by molar-refractivity contribution is -0.113. The average molecular weight is 359 g/mol. The molecule has 0 aliphatic carbocycles. The normalized spacial score (nSPS) is 11.0. The zero-order chi connectivity index (χ0) is 17.3. The van der Waals surface area contributed by atoms with Crippen molar-refractivity contribution in [3.63, 3.8) is 0 Å². The summed E-state index contributed by atoms with van der Waals surface area (Å²) in [4.78, 5) is 32.1. The molecule has 2 heterocycles. The van der Waals surface area contributed by atoms with Gasteiger partial charge in [0.15, 0.2) is 5.16 Å². The molecule has 1 aromatic carbocycles. The van der Waals surface area contributed by atoms with Gasteiger partial charge in [-0.05, 0) is 55.0 Å². The molecule has 7 heteroatoms. The number of rotatable bonds is 4. The Hall–Kier alpha value is -2.12. The van der Waals surface area contributed by atoms with Crippen LogP contribution in [0.25, 0.3) is 10.2 Å². The van der Waals surface area contributed by atoms with Crippen LogP contribution >= 0.6 is 23.1 Å². The fourth-order valence-electron chi connectivity index (χ4n) is 2.52. The van der Waals surface area contributed by atoms with Gasteiger partial charge in [0.05, 0.1) is 11.1 Å². The zero-order valence-corrected chi connectivity index (χ0v) is 15.2. The highest BCUT2D eigenvalue weighted by Gasteiger charge is 2.11. The van der Waals surface area contributed by atoms with E-state index in [0.717, 1.165) is 22.4 Å². The molecule has 124 valence electrons. The van der Waals surface area contributed by atoms with E-state index in [2.05, 4.69) is 21.4 Å². The number of nitrogens with zero attached hydrogens (tertiary/aromatic N) is 1. The summed E-state index contributed by atoms with van der Waals surface area (Å²) < 4.78 is 0. The molecule has 0 spiro atoms. The Balaban J connectivity index is 1.69. The summed E-state index contributed by atoms with van der Waals surface area (Å²) in [5.74, 6) is 0.0568. The molecule has 0 atom stereocenters. The number of hydrogen-bond acceptors (Lipinski definition) is 5. The summed E-state index contributed by atoms with van der Waals surface area (Å²) in [6, 6.07) is 5.91. The van der Waals surface area contributed by atoms with E-state index in [0.29, 0.717) is 15.4 Å². The minimum Gasteiger partial charge on any atom is -0.325 e. The van der Waals surface area contributed by atoms with Crippen LogP contribution in [0.4, 0.5) is 5.69 Å². The molecule has 0 aliphatic rings. The van der Waals surface area contributed by atoms with Crippen LogP contribution in [0, 0.1) is 20.8 Å². The van der Waals surface area contributed by atoms with Crippen molar-refractivity contribution in [2.45, 2.75) is 25.9 Å². The smallest absolute Gasteiger partial charge is 0.260 e. The van der Waals surface area contributed by atoms with E-state index in [4.69, 9.17) is 0 Å². The molecule has 2 N–H and O–H groups in total. The number of carbonyl (C=O) groups is 1. The first kappa shape index (κ1) is 16.7. The number of aromatic amines is 1. The number of nitrogens with one attached hydrogen (secondary N) is 2. The van der Waals surface area contributed by atoms with Gasteiger partial charge < -0.3 is 10.3 Å². The Labute approximate surface area is 147 Å². The summed E-state index contributed by atoms with van der Waals surface area (Å²) >= 11 is 2.66. The molecule has 0 bridgehead atoms. The first-order valence-electron chi connectivity index (χ1n) is 7.41. The lowest BCUT2D eigenvalue weighted by Crippen LogP contribution is -2.15. The van der Waals surface area contributed by atoms with Crippen LogP contribution in [0.5, 0.6) is 0 Å². The maximum Gasteiger partial charge on any atom is 0.260 e. The Bertz CT molecular complexity index is 955. The monoisotopic (exact) mass is 359 g/mol. The predicted molar refractivity (Wildman–Crippen MR) is 100 cm³/mol. The SMILES string of the molecule is Cc1cc(C)cc(NC(=O)CSc2nc3scc(C)c3c(=O)[nH]2)c1. The third-order valence-electron chi connectivity index (χ3n) is 3.45. The van der Waals surface area contributed by atoms with Crippen LogP contribution in [0.3, 0.4) is 0 Å². The molecule has 0 radical (unpaired) electrons. The van der Waals surface area contributed by atoms with E-state index < -0.39 is 0 Å². The van der Waals surface area contributed by atoms with Crippen LogP contribution < -0.4 is 10.9 Å². The third-order valence-corrected chi connectivity index (χ3v) is 5.31. The predicted octanol–water partition coefficient (Wildman–Crippen LogP) is 3.64. The summed E-state index contributed by atoms with van der Waals surface area (Å²) in [6.45, 7) is 5.87. The van der Waals surface area contributed by atoms with Gasteiger partial charge in [-0.25, -0.2) is 4.98 Å². The number of amides is 1. The number of aromatic nitrogens is 2. The highest BCUT2D eigenvalue weighted by atomic mass is 32.2. The molecule has 3 rings (SSSR count). The lowest BCUT2D eigenvalue weighted by Gasteiger charge is -2.07. The molecule has 0 unspecified atom stereocenters. The van der Waals surface area contributed by atoms with Crippen molar-refractivity contribution >= 4 is 44.9 Å². The summed E-state index contributed by atoms with van der Waals surface area (Å²) in [5.41, 5.74) is 3.75. The van der Waals surface area contributed by atoms with Crippen molar-refractivity contribution in [3.05, 3.63) is 50.6 Å². The number of anilines is 1. The number of benzene rings is 1. The quantitative estimate of drug-likeness (QED) is 0.551. The van der Waals surface area contributed by atoms with Crippen LogP contribution in [0.1, 0.15) is 16.7 Å². The van der Waals surface area contributed by atoms with Gasteiger partial charge in [0.1, 0.15) is 4.83 Å². The number of thiophene rings is 1. The molecular weight excluding hydrogens is 342 g/mol. The van der Waals surface area contributed by atoms with Gasteiger partial charge in [0, 0.05) is 5.69 Å². The highest BCUT2D eigenvalue weighted by Crippen LogP contribution is 2.22. The van der Waals surface area contributed by atoms with Crippen molar-refractivity contribution in [1.82, 2.24) is 9.97 Å². The van der Waals surface area contributed by atoms with Gasteiger partial charge in [-0.1, -0.05) is 17.8 Å². The third kappa shape index (κ3) is 3.68. The topological polar surface area (TPSA) is 74.8 Å². The zero-order valence-electron chi connectivity index (χ0n) is 13.6. The largest absolute Gasteiger partial charge is 0.325 e. The van der Waals surface area contributed by atoms with Crippen molar-refractivity contribution in [1.29, 1.82) is 0 Å². The van der Waals surface area contributed by atoms with E-state index in [1.807, 2.05) is 38.3 Å². The summed E-state index contributed by atoms with van der Waals surface area (Å²) in [7, 11) is 0. The molecule has 3 aromatic rings. The molecule has 2 aromatic heterocycles. The molecule has 0 aliphatic heterocycles. The standard InChI is InChI=1S/C17H17N3O2S2/c1-9-4-10(2)6-12(5-9)18-13(21)8-24-17-19-15(22)14-11(3)7-23-16(14)20-17/h4-7H,8H2,1-3H3,(H,18,21)(H,19,20,22). The maximum atomic E-state index is 12.1. The minimum absolute atomic E-state index is 0.130. The second kappa shape index (κ2) is 6.78. The van der Waals surface area contributed by atoms with Crippen LogP contribution in [0.15, 0.2) is 33.5 Å². The van der Waals surface area contributed by atoms with Gasteiger partial charge in [0.2, 0.25) is 5.91 Å². The van der Waals surface area contributed by atoms with Crippen LogP contribution in [-0.4, -0.2) is 21.6 Å². The molecule has 0 fully saturated rings. The highest BCUT2D eigenvalue weighted by molar-refractivity contribution is 7.99. The lowest BCUT2D eigenvalue weighted by atomic mass is 10.1. The molecular formula is C17H17N3O2S2. The van der Waals surface area contributed by atoms with Gasteiger partial charge in [-0.2, -0.15) is 0 Å². The molecule has 0 saturated heterocycles. The van der Waals surface area contributed by atoms with E-state index >= 15 is 0 Å². The van der Waals surface area contributed by atoms with Gasteiger partial charge in [-0.15, -0.1) is 11.3 Å². The number of hydrogen-bond donors (Lipinski definition) is 2. The van der Waals surface area contributed by atoms with E-state index in [9.17, 15) is 9.59 Å². The van der Waals surface area contributed by atoms with Gasteiger partial charge in [-0.3, -0.25) is 9.59 Å². The Morgan fingerprint density at radius 2 is 1.96 bits per heavy atom. The molecule has 0 saturated carbocycles. The van der Waals surface area contributed by atoms with Gasteiger partial charge in [0.25, 0.3) is 5.56 Å². The van der Waals surface area contributed by atoms with E-state index in [1.54, 1.807) is 0 Å². The summed E-state index contributed by atoms with van der Waals surface area (Å²) in [5, 5.41) is 5.88. The fraction of sp³-hybridized carbons (Fsp3) is 0.235. The molecule has 1 amide bonds. The van der Waals surface area contributed by atoms with Crippen molar-refractivity contribution in [2.75, 3.05) is 11.1 Å². The van der Waals surface area contributed by atoms with Crippen molar-refractivity contribution in [2.24, 2.45) is 0 Å². The van der Waals surface area contributed by atoms with Crippen LogP contribution in [-0.2, 0) is 4.79 Å².